The lowest BCUT2D eigenvalue weighted by Crippen LogP contribution is -2.56. The van der Waals surface area contributed by atoms with Gasteiger partial charge in [0.15, 0.2) is 0 Å². The summed E-state index contributed by atoms with van der Waals surface area (Å²) >= 11 is 7.57. The lowest BCUT2D eigenvalue weighted by molar-refractivity contribution is -0.131. The molecule has 184 valence electrons. The first kappa shape index (κ1) is 24.5. The SMILES string of the molecule is Cc1cccc(N2CCN(C(=O)CN3C(=O)/C(=C/c4cccc(Cl)c4)Sc4ccccc43)CC2C)c1. The van der Waals surface area contributed by atoms with Crippen LogP contribution < -0.4 is 9.80 Å². The third-order valence-corrected chi connectivity index (χ3v) is 7.90. The highest BCUT2D eigenvalue weighted by Crippen LogP contribution is 2.42. The van der Waals surface area contributed by atoms with Gasteiger partial charge in [-0.3, -0.25) is 14.5 Å². The van der Waals surface area contributed by atoms with Crippen molar-refractivity contribution in [2.24, 2.45) is 0 Å². The van der Waals surface area contributed by atoms with E-state index in [4.69, 9.17) is 11.6 Å². The van der Waals surface area contributed by atoms with Crippen LogP contribution in [0.15, 0.2) is 82.6 Å². The molecule has 0 aliphatic carbocycles. The first-order chi connectivity index (χ1) is 17.4. The number of amides is 2. The summed E-state index contributed by atoms with van der Waals surface area (Å²) in [6.07, 6.45) is 1.84. The average molecular weight is 518 g/mol. The van der Waals surface area contributed by atoms with Gasteiger partial charge in [-0.1, -0.05) is 59.8 Å². The molecule has 36 heavy (non-hydrogen) atoms. The zero-order chi connectivity index (χ0) is 25.2. The summed E-state index contributed by atoms with van der Waals surface area (Å²) in [5, 5.41) is 0.615. The Bertz CT molecular complexity index is 1340. The predicted octanol–water partition coefficient (Wildman–Crippen LogP) is 5.87. The molecule has 2 aliphatic rings. The number of carbonyl (C=O) groups excluding carboxylic acids is 2. The van der Waals surface area contributed by atoms with E-state index in [9.17, 15) is 9.59 Å². The van der Waals surface area contributed by atoms with E-state index >= 15 is 0 Å². The quantitative estimate of drug-likeness (QED) is 0.406. The molecule has 3 aromatic rings. The molecule has 3 aromatic carbocycles. The van der Waals surface area contributed by atoms with E-state index in [-0.39, 0.29) is 24.4 Å². The minimum atomic E-state index is -0.168. The number of nitrogens with zero attached hydrogens (tertiary/aromatic N) is 3. The smallest absolute Gasteiger partial charge is 0.265 e. The molecular weight excluding hydrogens is 490 g/mol. The predicted molar refractivity (Wildman–Crippen MR) is 149 cm³/mol. The minimum Gasteiger partial charge on any atom is -0.365 e. The first-order valence-corrected chi connectivity index (χ1v) is 13.3. The van der Waals surface area contributed by atoms with Crippen LogP contribution in [-0.2, 0) is 9.59 Å². The number of benzene rings is 3. The standard InChI is InChI=1S/C29H28ClN3O2S/c1-20-7-5-10-24(15-20)32-14-13-31(18-21(32)2)28(34)19-33-25-11-3-4-12-26(25)36-27(29(33)35)17-22-8-6-9-23(30)16-22/h3-12,15-17,21H,13-14,18-19H2,1-2H3/b27-17-. The number of para-hydroxylation sites is 1. The molecular formula is C29H28ClN3O2S. The summed E-state index contributed by atoms with van der Waals surface area (Å²) in [5.41, 5.74) is 4.03. The van der Waals surface area contributed by atoms with Gasteiger partial charge in [0.25, 0.3) is 5.91 Å². The topological polar surface area (TPSA) is 43.9 Å². The van der Waals surface area contributed by atoms with Crippen LogP contribution in [0.5, 0.6) is 0 Å². The second kappa shape index (κ2) is 10.4. The van der Waals surface area contributed by atoms with Gasteiger partial charge in [-0.25, -0.2) is 0 Å². The molecule has 2 amide bonds. The third kappa shape index (κ3) is 5.15. The van der Waals surface area contributed by atoms with Gasteiger partial charge in [-0.05, 0) is 67.4 Å². The fraction of sp³-hybridized carbons (Fsp3) is 0.241. The van der Waals surface area contributed by atoms with Gasteiger partial charge < -0.3 is 9.80 Å². The molecule has 5 nitrogen and oxygen atoms in total. The van der Waals surface area contributed by atoms with Crippen LogP contribution in [0.25, 0.3) is 6.08 Å². The van der Waals surface area contributed by atoms with E-state index in [0.29, 0.717) is 23.0 Å². The number of hydrogen-bond donors (Lipinski definition) is 0. The third-order valence-electron chi connectivity index (χ3n) is 6.59. The number of aryl methyl sites for hydroxylation is 1. The maximum atomic E-state index is 13.6. The maximum absolute atomic E-state index is 13.6. The van der Waals surface area contributed by atoms with Gasteiger partial charge in [0.1, 0.15) is 6.54 Å². The van der Waals surface area contributed by atoms with Crippen LogP contribution in [0.1, 0.15) is 18.1 Å². The second-order valence-electron chi connectivity index (χ2n) is 9.25. The highest BCUT2D eigenvalue weighted by atomic mass is 35.5. The zero-order valence-electron chi connectivity index (χ0n) is 20.4. The van der Waals surface area contributed by atoms with Crippen molar-refractivity contribution < 1.29 is 9.59 Å². The molecule has 0 bridgehead atoms. The Morgan fingerprint density at radius 2 is 1.86 bits per heavy atom. The summed E-state index contributed by atoms with van der Waals surface area (Å²) in [4.78, 5) is 34.4. The van der Waals surface area contributed by atoms with Crippen molar-refractivity contribution in [3.8, 4) is 0 Å². The van der Waals surface area contributed by atoms with Gasteiger partial charge in [0, 0.05) is 41.3 Å². The molecule has 1 fully saturated rings. The van der Waals surface area contributed by atoms with E-state index in [1.807, 2.05) is 53.4 Å². The molecule has 1 unspecified atom stereocenters. The number of carbonyl (C=O) groups is 2. The Kier molecular flexibility index (Phi) is 7.08. The molecule has 7 heteroatoms. The van der Waals surface area contributed by atoms with E-state index in [0.717, 1.165) is 22.7 Å². The number of fused-ring (bicyclic) bond motifs is 1. The van der Waals surface area contributed by atoms with Crippen molar-refractivity contribution in [2.45, 2.75) is 24.8 Å². The Morgan fingerprint density at radius 3 is 2.64 bits per heavy atom. The number of thioether (sulfide) groups is 1. The van der Waals surface area contributed by atoms with Crippen molar-refractivity contribution in [1.29, 1.82) is 0 Å². The number of anilines is 2. The molecule has 5 rings (SSSR count). The van der Waals surface area contributed by atoms with Crippen molar-refractivity contribution in [2.75, 3.05) is 36.0 Å². The van der Waals surface area contributed by atoms with Gasteiger partial charge in [-0.2, -0.15) is 0 Å². The lowest BCUT2D eigenvalue weighted by atomic mass is 10.1. The number of rotatable bonds is 4. The fourth-order valence-corrected chi connectivity index (χ4v) is 6.03. The highest BCUT2D eigenvalue weighted by molar-refractivity contribution is 8.04. The molecule has 1 atom stereocenters. The van der Waals surface area contributed by atoms with Crippen molar-refractivity contribution in [3.63, 3.8) is 0 Å². The Balaban J connectivity index is 1.34. The minimum absolute atomic E-state index is 0.0143. The number of piperazine rings is 1. The summed E-state index contributed by atoms with van der Waals surface area (Å²) in [6, 6.07) is 23.8. The molecule has 2 heterocycles. The molecule has 1 saturated heterocycles. The Hall–Kier alpha value is -3.22. The zero-order valence-corrected chi connectivity index (χ0v) is 21.9. The summed E-state index contributed by atoms with van der Waals surface area (Å²) in [6.45, 7) is 6.26. The van der Waals surface area contributed by atoms with E-state index < -0.39 is 0 Å². The fourth-order valence-electron chi connectivity index (χ4n) is 4.78. The lowest BCUT2D eigenvalue weighted by Gasteiger charge is -2.42. The van der Waals surface area contributed by atoms with Gasteiger partial charge >= 0.3 is 0 Å². The summed E-state index contributed by atoms with van der Waals surface area (Å²) < 4.78 is 0. The van der Waals surface area contributed by atoms with Gasteiger partial charge in [0.05, 0.1) is 10.6 Å². The Labute approximate surface area is 221 Å². The van der Waals surface area contributed by atoms with Crippen molar-refractivity contribution >= 4 is 52.6 Å². The molecule has 0 spiro atoms. The largest absolute Gasteiger partial charge is 0.365 e. The van der Waals surface area contributed by atoms with Gasteiger partial charge in [0.2, 0.25) is 5.91 Å². The summed E-state index contributed by atoms with van der Waals surface area (Å²) in [5.74, 6) is -0.207. The van der Waals surface area contributed by atoms with Crippen molar-refractivity contribution in [1.82, 2.24) is 4.90 Å². The highest BCUT2D eigenvalue weighted by Gasteiger charge is 2.33. The molecule has 0 radical (unpaired) electrons. The molecule has 0 N–H and O–H groups in total. The van der Waals surface area contributed by atoms with Crippen LogP contribution in [0.3, 0.4) is 0 Å². The second-order valence-corrected chi connectivity index (χ2v) is 10.8. The molecule has 0 aromatic heterocycles. The van der Waals surface area contributed by atoms with Gasteiger partial charge in [-0.15, -0.1) is 0 Å². The van der Waals surface area contributed by atoms with E-state index in [1.165, 1.54) is 23.0 Å². The normalized spacial score (nSPS) is 19.0. The number of hydrogen-bond acceptors (Lipinski definition) is 4. The first-order valence-electron chi connectivity index (χ1n) is 12.1. The van der Waals surface area contributed by atoms with E-state index in [1.54, 1.807) is 11.0 Å². The Morgan fingerprint density at radius 1 is 1.06 bits per heavy atom. The molecule has 0 saturated carbocycles. The van der Waals surface area contributed by atoms with Crippen LogP contribution in [0.2, 0.25) is 5.02 Å². The average Bonchev–Trinajstić information content (AvgIpc) is 2.86. The van der Waals surface area contributed by atoms with Crippen LogP contribution in [0.4, 0.5) is 11.4 Å². The van der Waals surface area contributed by atoms with E-state index in [2.05, 4.69) is 43.0 Å². The summed E-state index contributed by atoms with van der Waals surface area (Å²) in [7, 11) is 0. The number of halogens is 1. The molecule has 2 aliphatic heterocycles. The maximum Gasteiger partial charge on any atom is 0.265 e. The van der Waals surface area contributed by atoms with Crippen LogP contribution in [-0.4, -0.2) is 48.9 Å². The van der Waals surface area contributed by atoms with Crippen molar-refractivity contribution in [3.05, 3.63) is 93.9 Å². The van der Waals surface area contributed by atoms with Crippen LogP contribution in [0, 0.1) is 6.92 Å². The van der Waals surface area contributed by atoms with Crippen LogP contribution >= 0.6 is 23.4 Å². The monoisotopic (exact) mass is 517 g/mol.